The molecule has 17 N–H and O–H groups in total. The third kappa shape index (κ3) is 18.2. The van der Waals surface area contributed by atoms with Gasteiger partial charge in [-0.15, -0.1) is 0 Å². The van der Waals surface area contributed by atoms with Crippen LogP contribution < -0.4 is 54.4 Å². The second kappa shape index (κ2) is 27.4. The Kier molecular flexibility index (Phi) is 22.2. The predicted molar refractivity (Wildman–Crippen MR) is 253 cm³/mol. The van der Waals surface area contributed by atoms with E-state index in [2.05, 4.69) is 42.2 Å². The lowest BCUT2D eigenvalue weighted by molar-refractivity contribution is -0.146. The highest BCUT2D eigenvalue weighted by atomic mass is 16.4. The average Bonchev–Trinajstić information content (AvgIpc) is 3.97. The van der Waals surface area contributed by atoms with Crippen molar-refractivity contribution in [1.29, 1.82) is 0 Å². The number of carbonyl (C=O) groups is 13. The minimum Gasteiger partial charge on any atom is -0.481 e. The van der Waals surface area contributed by atoms with Gasteiger partial charge >= 0.3 is 17.9 Å². The highest BCUT2D eigenvalue weighted by molar-refractivity contribution is 6.00. The summed E-state index contributed by atoms with van der Waals surface area (Å²) in [5.74, 6) is -15.2. The van der Waals surface area contributed by atoms with Crippen LogP contribution in [0, 0.1) is 5.92 Å². The third-order valence-corrected chi connectivity index (χ3v) is 11.6. The first kappa shape index (κ1) is 59.1. The number of aliphatic carboxylic acids is 3. The molecule has 0 unspecified atom stereocenters. The van der Waals surface area contributed by atoms with E-state index in [1.54, 1.807) is 12.3 Å². The summed E-state index contributed by atoms with van der Waals surface area (Å²) in [4.78, 5) is 171. The molecule has 0 spiro atoms. The van der Waals surface area contributed by atoms with Crippen LogP contribution in [0.3, 0.4) is 0 Å². The van der Waals surface area contributed by atoms with Crippen LogP contribution in [-0.4, -0.2) is 163 Å². The number of nitrogens with one attached hydrogen (secondary N) is 8. The number of nitrogens with zero attached hydrogens (tertiary/aromatic N) is 1. The molecule has 1 aromatic heterocycles. The number of likely N-dealkylation sites (tertiary alicyclic amines) is 1. The standard InChI is InChI=1S/C45H64N12O16/c1-20(2)36(45(72)73)56-38(65)22(4)51-42(69)29(17-33(48)59)54-43(70)31-10-7-15-57(31)44(71)30(18-35(62)63)55-41(68)28(12-14-34(60)61)53-40(67)27(11-13-32(47)58)52-37(64)21(3)50-39(66)25(46)16-23-19-49-26-9-6-5-8-24(23)26/h5-6,8-9,19-22,25,27-31,36,49H,7,10-18,46H2,1-4H3,(H2,47,58)(H2,48,59)(H,50,66)(H,51,69)(H,52,64)(H,53,67)(H,54,70)(H,55,68)(H,56,65)(H,60,61)(H,62,63)(H,72,73)/t21-,22-,25-,27-,28-,29-,30-,31-,36-/m0/s1. The number of amides is 10. The Hall–Kier alpha value is -8.17. The summed E-state index contributed by atoms with van der Waals surface area (Å²) in [6.45, 7) is 5.36. The Morgan fingerprint density at radius 2 is 1.19 bits per heavy atom. The van der Waals surface area contributed by atoms with Gasteiger partial charge in [0.05, 0.1) is 18.9 Å². The fraction of sp³-hybridized carbons (Fsp3) is 0.533. The highest BCUT2D eigenvalue weighted by Gasteiger charge is 2.41. The second-order valence-corrected chi connectivity index (χ2v) is 17.8. The summed E-state index contributed by atoms with van der Waals surface area (Å²) in [6.07, 6.45) is -2.44. The van der Waals surface area contributed by atoms with Gasteiger partial charge in [-0.3, -0.25) is 57.5 Å². The van der Waals surface area contributed by atoms with Crippen molar-refractivity contribution in [3.8, 4) is 0 Å². The number of carbonyl (C=O) groups excluding carboxylic acids is 10. The Bertz CT molecular complexity index is 2430. The average molecular weight is 1030 g/mol. The number of hydrogen-bond acceptors (Lipinski definition) is 14. The fourth-order valence-electron chi connectivity index (χ4n) is 7.68. The molecule has 1 saturated heterocycles. The van der Waals surface area contributed by atoms with Gasteiger partial charge in [-0.2, -0.15) is 0 Å². The first-order chi connectivity index (χ1) is 34.2. The van der Waals surface area contributed by atoms with Gasteiger partial charge in [-0.25, -0.2) is 4.79 Å². The van der Waals surface area contributed by atoms with Crippen LogP contribution in [-0.2, 0) is 68.7 Å². The van der Waals surface area contributed by atoms with Gasteiger partial charge in [0.25, 0.3) is 0 Å². The molecule has 400 valence electrons. The number of carboxylic acid groups (broad SMARTS) is 3. The number of aromatic amines is 1. The lowest BCUT2D eigenvalue weighted by Crippen LogP contribution is -2.60. The normalized spacial score (nSPS) is 16.5. The molecule has 1 aliphatic rings. The molecule has 2 aromatic rings. The van der Waals surface area contributed by atoms with Crippen LogP contribution in [0.2, 0.25) is 0 Å². The topological polar surface area (TPSA) is 464 Å². The van der Waals surface area contributed by atoms with Crippen LogP contribution in [0.25, 0.3) is 10.9 Å². The summed E-state index contributed by atoms with van der Waals surface area (Å²) >= 11 is 0. The molecule has 3 rings (SSSR count). The van der Waals surface area contributed by atoms with E-state index in [0.29, 0.717) is 0 Å². The minimum absolute atomic E-state index is 0.0728. The number of H-pyrrole nitrogens is 1. The molecular weight excluding hydrogens is 965 g/mol. The van der Waals surface area contributed by atoms with E-state index in [9.17, 15) is 77.6 Å². The number of carboxylic acids is 3. The second-order valence-electron chi connectivity index (χ2n) is 17.8. The van der Waals surface area contributed by atoms with Crippen LogP contribution in [0.1, 0.15) is 84.6 Å². The molecule has 9 atom stereocenters. The molecule has 2 heterocycles. The number of hydrogen-bond donors (Lipinski definition) is 14. The zero-order valence-electron chi connectivity index (χ0n) is 40.6. The van der Waals surface area contributed by atoms with Crippen LogP contribution in [0.15, 0.2) is 30.5 Å². The zero-order valence-corrected chi connectivity index (χ0v) is 40.6. The predicted octanol–water partition coefficient (Wildman–Crippen LogP) is -4.32. The molecule has 0 radical (unpaired) electrons. The maximum absolute atomic E-state index is 14.1. The SMILES string of the molecule is CC(C)[C@H](NC(=O)[C@H](C)NC(=O)[C@H](CC(N)=O)NC(=O)[C@@H]1CCCN1C(=O)[C@H](CC(=O)O)NC(=O)[C@H](CCC(=O)O)NC(=O)[C@H](CCC(N)=O)NC(=O)[C@H](C)NC(=O)[C@@H](N)Cc1c[nH]c2ccccc12)C(=O)O. The van der Waals surface area contributed by atoms with Crippen molar-refractivity contribution in [3.05, 3.63) is 36.0 Å². The fourth-order valence-corrected chi connectivity index (χ4v) is 7.68. The maximum Gasteiger partial charge on any atom is 0.326 e. The van der Waals surface area contributed by atoms with E-state index >= 15 is 0 Å². The third-order valence-electron chi connectivity index (χ3n) is 11.6. The molecular formula is C45H64N12O16. The van der Waals surface area contributed by atoms with Crippen LogP contribution in [0.4, 0.5) is 0 Å². The summed E-state index contributed by atoms with van der Waals surface area (Å²) in [5, 5.41) is 45.6. The van der Waals surface area contributed by atoms with Gasteiger partial charge in [0.1, 0.15) is 48.3 Å². The van der Waals surface area contributed by atoms with E-state index in [-0.39, 0.29) is 25.8 Å². The number of benzene rings is 1. The lowest BCUT2D eigenvalue weighted by Gasteiger charge is -2.30. The monoisotopic (exact) mass is 1030 g/mol. The van der Waals surface area contributed by atoms with Gasteiger partial charge in [0.2, 0.25) is 59.1 Å². The highest BCUT2D eigenvalue weighted by Crippen LogP contribution is 2.21. The summed E-state index contributed by atoms with van der Waals surface area (Å²) in [5.41, 5.74) is 18.3. The number of fused-ring (bicyclic) bond motifs is 1. The van der Waals surface area contributed by atoms with E-state index < -0.39 is 176 Å². The number of nitrogens with two attached hydrogens (primary N) is 3. The van der Waals surface area contributed by atoms with Crippen molar-refractivity contribution >= 4 is 87.9 Å². The molecule has 1 aliphatic heterocycles. The molecule has 28 nitrogen and oxygen atoms in total. The van der Waals surface area contributed by atoms with Crippen molar-refractivity contribution in [3.63, 3.8) is 0 Å². The Balaban J connectivity index is 1.77. The Morgan fingerprint density at radius 3 is 1.75 bits per heavy atom. The van der Waals surface area contributed by atoms with E-state index in [1.165, 1.54) is 27.7 Å². The van der Waals surface area contributed by atoms with Gasteiger partial charge in [0.15, 0.2) is 0 Å². The molecule has 1 fully saturated rings. The molecule has 0 aliphatic carbocycles. The van der Waals surface area contributed by atoms with E-state index in [1.807, 2.05) is 18.2 Å². The van der Waals surface area contributed by atoms with Crippen molar-refractivity contribution < 1.29 is 77.6 Å². The summed E-state index contributed by atoms with van der Waals surface area (Å²) < 4.78 is 0. The van der Waals surface area contributed by atoms with Gasteiger partial charge in [-0.05, 0) is 63.5 Å². The number of primary amides is 2. The first-order valence-corrected chi connectivity index (χ1v) is 23.2. The molecule has 28 heteroatoms. The Morgan fingerprint density at radius 1 is 0.644 bits per heavy atom. The Labute approximate surface area is 417 Å². The van der Waals surface area contributed by atoms with Crippen LogP contribution in [0.5, 0.6) is 0 Å². The quantitative estimate of drug-likeness (QED) is 0.0366. The molecule has 1 aromatic carbocycles. The van der Waals surface area contributed by atoms with E-state index in [0.717, 1.165) is 21.4 Å². The molecule has 0 saturated carbocycles. The van der Waals surface area contributed by atoms with Gasteiger partial charge < -0.3 is 79.6 Å². The lowest BCUT2D eigenvalue weighted by atomic mass is 10.0. The smallest absolute Gasteiger partial charge is 0.326 e. The number of para-hydroxylation sites is 1. The molecule has 0 bridgehead atoms. The van der Waals surface area contributed by atoms with Gasteiger partial charge in [-0.1, -0.05) is 32.0 Å². The number of aromatic nitrogens is 1. The minimum atomic E-state index is -1.97. The largest absolute Gasteiger partial charge is 0.481 e. The van der Waals surface area contributed by atoms with Crippen molar-refractivity contribution in [2.75, 3.05) is 6.54 Å². The number of rotatable bonds is 29. The van der Waals surface area contributed by atoms with Crippen molar-refractivity contribution in [2.45, 2.75) is 140 Å². The first-order valence-electron chi connectivity index (χ1n) is 23.2. The molecule has 10 amide bonds. The summed E-state index contributed by atoms with van der Waals surface area (Å²) in [6, 6.07) is -6.47. The van der Waals surface area contributed by atoms with Gasteiger partial charge in [0, 0.05) is 36.5 Å². The van der Waals surface area contributed by atoms with Crippen molar-refractivity contribution in [1.82, 2.24) is 47.1 Å². The zero-order chi connectivity index (χ0) is 54.9. The van der Waals surface area contributed by atoms with Crippen molar-refractivity contribution in [2.24, 2.45) is 23.1 Å². The summed E-state index contributed by atoms with van der Waals surface area (Å²) in [7, 11) is 0. The van der Waals surface area contributed by atoms with Crippen LogP contribution >= 0.6 is 0 Å². The van der Waals surface area contributed by atoms with E-state index in [4.69, 9.17) is 17.2 Å². The molecule has 73 heavy (non-hydrogen) atoms. The maximum atomic E-state index is 14.1.